The molecule has 0 aliphatic heterocycles. The maximum Gasteiger partial charge on any atom is 0.384 e. The molecular formula is C14H18F10. The smallest absolute Gasteiger partial charge is 0.200 e. The quantitative estimate of drug-likeness (QED) is 0.283. The minimum atomic E-state index is -6.95. The lowest BCUT2D eigenvalue weighted by molar-refractivity contribution is -0.397. The second-order valence-corrected chi connectivity index (χ2v) is 5.35. The maximum absolute atomic E-state index is 13.4. The van der Waals surface area contributed by atoms with Crippen LogP contribution < -0.4 is 0 Å². The molecule has 0 amide bonds. The van der Waals surface area contributed by atoms with Gasteiger partial charge in [0.2, 0.25) is 0 Å². The van der Waals surface area contributed by atoms with Gasteiger partial charge in [-0.05, 0) is 6.42 Å². The van der Waals surface area contributed by atoms with Crippen molar-refractivity contribution in [2.24, 2.45) is 0 Å². The molecule has 0 saturated carbocycles. The third kappa shape index (κ3) is 4.09. The van der Waals surface area contributed by atoms with Gasteiger partial charge in [-0.3, -0.25) is 0 Å². The van der Waals surface area contributed by atoms with Crippen molar-refractivity contribution < 1.29 is 43.9 Å². The normalized spacial score (nSPS) is 15.0. The highest BCUT2D eigenvalue weighted by Gasteiger charge is 2.85. The van der Waals surface area contributed by atoms with Crippen molar-refractivity contribution in [1.29, 1.82) is 0 Å². The van der Waals surface area contributed by atoms with Crippen LogP contribution in [0, 0.1) is 13.3 Å². The molecule has 0 aliphatic rings. The first kappa shape index (κ1) is 23.3. The van der Waals surface area contributed by atoms with Crippen LogP contribution in [0.1, 0.15) is 45.4 Å². The van der Waals surface area contributed by atoms with E-state index in [1.165, 1.54) is 0 Å². The van der Waals surface area contributed by atoms with Crippen LogP contribution in [-0.4, -0.2) is 29.6 Å². The Morgan fingerprint density at radius 2 is 1.25 bits per heavy atom. The molecule has 0 aromatic carbocycles. The van der Waals surface area contributed by atoms with Gasteiger partial charge in [0, 0.05) is 12.8 Å². The Bertz CT molecular complexity index is 389. The van der Waals surface area contributed by atoms with Crippen molar-refractivity contribution in [1.82, 2.24) is 0 Å². The fraction of sp³-hybridized carbons (Fsp3) is 0.857. The summed E-state index contributed by atoms with van der Waals surface area (Å²) in [6.45, 7) is 4.25. The van der Waals surface area contributed by atoms with Crippen LogP contribution in [0.2, 0.25) is 0 Å². The summed E-state index contributed by atoms with van der Waals surface area (Å²) in [6.07, 6.45) is -3.59. The highest BCUT2D eigenvalue weighted by Crippen LogP contribution is 2.58. The molecule has 0 aromatic heterocycles. The van der Waals surface area contributed by atoms with Gasteiger partial charge in [-0.2, -0.15) is 43.9 Å². The molecule has 10 heteroatoms. The SMILES string of the molecule is [CH2]CCCC[CH]C(F)(F)C(F)(F)C(F)(F)C(F)(F)C(F)(F)CCC. The first-order chi connectivity index (χ1) is 10.6. The van der Waals surface area contributed by atoms with Crippen molar-refractivity contribution in [2.45, 2.75) is 75.1 Å². The molecule has 0 spiro atoms. The first-order valence-corrected chi connectivity index (χ1v) is 7.15. The molecule has 0 atom stereocenters. The summed E-state index contributed by atoms with van der Waals surface area (Å²) in [5.74, 6) is -31.6. The Labute approximate surface area is 133 Å². The molecule has 0 bridgehead atoms. The van der Waals surface area contributed by atoms with Gasteiger partial charge in [0.15, 0.2) is 0 Å². The van der Waals surface area contributed by atoms with Gasteiger partial charge in [-0.25, -0.2) is 0 Å². The summed E-state index contributed by atoms with van der Waals surface area (Å²) in [6, 6.07) is 0. The highest BCUT2D eigenvalue weighted by atomic mass is 19.4. The third-order valence-electron chi connectivity index (χ3n) is 3.34. The van der Waals surface area contributed by atoms with E-state index in [2.05, 4.69) is 6.92 Å². The van der Waals surface area contributed by atoms with Gasteiger partial charge in [-0.1, -0.05) is 39.5 Å². The Balaban J connectivity index is 5.55. The Hall–Kier alpha value is -0.700. The Morgan fingerprint density at radius 3 is 1.67 bits per heavy atom. The van der Waals surface area contributed by atoms with E-state index in [0.29, 0.717) is 0 Å². The van der Waals surface area contributed by atoms with Gasteiger partial charge in [-0.15, -0.1) is 0 Å². The lowest BCUT2D eigenvalue weighted by Gasteiger charge is -2.39. The molecule has 0 aliphatic carbocycles. The van der Waals surface area contributed by atoms with Crippen LogP contribution in [0.4, 0.5) is 43.9 Å². The van der Waals surface area contributed by atoms with Crippen LogP contribution in [0.5, 0.6) is 0 Å². The van der Waals surface area contributed by atoms with E-state index in [9.17, 15) is 43.9 Å². The minimum Gasteiger partial charge on any atom is -0.200 e. The van der Waals surface area contributed by atoms with E-state index in [-0.39, 0.29) is 19.3 Å². The fourth-order valence-electron chi connectivity index (χ4n) is 1.84. The average Bonchev–Trinajstić information content (AvgIpc) is 2.42. The summed E-state index contributed by atoms with van der Waals surface area (Å²) < 4.78 is 133. The number of hydrogen-bond donors (Lipinski definition) is 0. The van der Waals surface area contributed by atoms with Crippen molar-refractivity contribution >= 4 is 0 Å². The van der Waals surface area contributed by atoms with Gasteiger partial charge in [0.25, 0.3) is 0 Å². The highest BCUT2D eigenvalue weighted by molar-refractivity contribution is 5.11. The molecule has 0 saturated heterocycles. The molecule has 2 radical (unpaired) electrons. The van der Waals surface area contributed by atoms with Crippen LogP contribution in [0.15, 0.2) is 0 Å². The molecule has 0 aromatic rings. The van der Waals surface area contributed by atoms with Crippen molar-refractivity contribution in [3.05, 3.63) is 13.3 Å². The largest absolute Gasteiger partial charge is 0.384 e. The van der Waals surface area contributed by atoms with Gasteiger partial charge in [0.1, 0.15) is 0 Å². The van der Waals surface area contributed by atoms with E-state index in [4.69, 9.17) is 0 Å². The number of halogens is 10. The van der Waals surface area contributed by atoms with Crippen molar-refractivity contribution in [3.63, 3.8) is 0 Å². The summed E-state index contributed by atoms with van der Waals surface area (Å²) in [7, 11) is 0. The zero-order chi connectivity index (χ0) is 19.4. The van der Waals surface area contributed by atoms with E-state index in [1.807, 2.05) is 0 Å². The molecule has 0 unspecified atom stereocenters. The van der Waals surface area contributed by atoms with Crippen molar-refractivity contribution in [2.75, 3.05) is 0 Å². The number of alkyl halides is 10. The maximum atomic E-state index is 13.4. The van der Waals surface area contributed by atoms with Crippen LogP contribution in [0.25, 0.3) is 0 Å². The van der Waals surface area contributed by atoms with Crippen LogP contribution >= 0.6 is 0 Å². The number of unbranched alkanes of at least 4 members (excludes halogenated alkanes) is 3. The lowest BCUT2D eigenvalue weighted by Crippen LogP contribution is -2.67. The molecule has 24 heavy (non-hydrogen) atoms. The second kappa shape index (κ2) is 7.68. The Morgan fingerprint density at radius 1 is 0.750 bits per heavy atom. The minimum absolute atomic E-state index is 0.122. The van der Waals surface area contributed by atoms with Gasteiger partial charge >= 0.3 is 29.6 Å². The van der Waals surface area contributed by atoms with E-state index in [0.717, 1.165) is 6.92 Å². The lowest BCUT2D eigenvalue weighted by atomic mass is 9.90. The number of rotatable bonds is 11. The molecule has 0 rings (SSSR count). The second-order valence-electron chi connectivity index (χ2n) is 5.35. The molecule has 0 nitrogen and oxygen atoms in total. The zero-order valence-corrected chi connectivity index (χ0v) is 12.8. The third-order valence-corrected chi connectivity index (χ3v) is 3.34. The number of hydrogen-bond acceptors (Lipinski definition) is 0. The van der Waals surface area contributed by atoms with E-state index in [1.54, 1.807) is 0 Å². The van der Waals surface area contributed by atoms with Gasteiger partial charge in [0.05, 0.1) is 0 Å². The summed E-state index contributed by atoms with van der Waals surface area (Å²) in [5.41, 5.74) is 0. The van der Waals surface area contributed by atoms with Crippen LogP contribution in [0.3, 0.4) is 0 Å². The van der Waals surface area contributed by atoms with Crippen molar-refractivity contribution in [3.8, 4) is 0 Å². The van der Waals surface area contributed by atoms with E-state index < -0.39 is 55.3 Å². The predicted molar refractivity (Wildman–Crippen MR) is 67.8 cm³/mol. The monoisotopic (exact) mass is 376 g/mol. The molecule has 0 fully saturated rings. The zero-order valence-electron chi connectivity index (χ0n) is 12.8. The Kier molecular flexibility index (Phi) is 7.45. The molecule has 144 valence electrons. The van der Waals surface area contributed by atoms with Gasteiger partial charge < -0.3 is 0 Å². The van der Waals surface area contributed by atoms with E-state index >= 15 is 0 Å². The molecule has 0 heterocycles. The average molecular weight is 376 g/mol. The summed E-state index contributed by atoms with van der Waals surface area (Å²) in [5, 5.41) is 0. The molecule has 0 N–H and O–H groups in total. The molecular weight excluding hydrogens is 358 g/mol. The summed E-state index contributed by atoms with van der Waals surface area (Å²) in [4.78, 5) is 0. The van der Waals surface area contributed by atoms with Crippen LogP contribution in [-0.2, 0) is 0 Å². The first-order valence-electron chi connectivity index (χ1n) is 7.15. The standard InChI is InChI=1S/C14H18F10/c1-3-5-6-7-9-11(17,18)13(21,22)14(23,24)12(19,20)10(15,16)8-4-2/h9H,1,3-8H2,2H3. The summed E-state index contributed by atoms with van der Waals surface area (Å²) >= 11 is 0. The topological polar surface area (TPSA) is 0 Å². The predicted octanol–water partition coefficient (Wildman–Crippen LogP) is 6.56. The fourth-order valence-corrected chi connectivity index (χ4v) is 1.84.